The average Bonchev–Trinajstić information content (AvgIpc) is 3.33. The Kier molecular flexibility index (Phi) is 7.60. The van der Waals surface area contributed by atoms with Gasteiger partial charge < -0.3 is 20.1 Å². The molecule has 0 bridgehead atoms. The number of hydrogen-bond donors (Lipinski definition) is 2. The van der Waals surface area contributed by atoms with Crippen LogP contribution >= 0.6 is 0 Å². The molecule has 2 atom stereocenters. The number of alkyl halides is 2. The van der Waals surface area contributed by atoms with E-state index in [-0.39, 0.29) is 11.5 Å². The Hall–Kier alpha value is -3.68. The van der Waals surface area contributed by atoms with Crippen molar-refractivity contribution in [1.29, 1.82) is 0 Å². The molecule has 10 heteroatoms. The van der Waals surface area contributed by atoms with Gasteiger partial charge in [-0.15, -0.1) is 6.42 Å². The lowest BCUT2D eigenvalue weighted by Crippen LogP contribution is -2.41. The third kappa shape index (κ3) is 5.00. The Labute approximate surface area is 231 Å². The van der Waals surface area contributed by atoms with Crippen molar-refractivity contribution >= 4 is 22.6 Å². The van der Waals surface area contributed by atoms with Gasteiger partial charge in [-0.05, 0) is 52.3 Å². The number of ether oxygens (including phenoxy) is 1. The van der Waals surface area contributed by atoms with Crippen molar-refractivity contribution in [2.75, 3.05) is 25.5 Å². The Morgan fingerprint density at radius 2 is 2.00 bits per heavy atom. The van der Waals surface area contributed by atoms with Crippen molar-refractivity contribution in [3.63, 3.8) is 0 Å². The van der Waals surface area contributed by atoms with Gasteiger partial charge in [-0.25, -0.2) is 14.4 Å². The van der Waals surface area contributed by atoms with Crippen molar-refractivity contribution in [1.82, 2.24) is 14.9 Å². The molecule has 4 rings (SSSR count). The summed E-state index contributed by atoms with van der Waals surface area (Å²) < 4.78 is 51.2. The van der Waals surface area contributed by atoms with Crippen LogP contribution in [0.5, 0.6) is 0 Å². The summed E-state index contributed by atoms with van der Waals surface area (Å²) in [6, 6.07) is 6.48. The number of methoxy groups -OCH3 is 1. The van der Waals surface area contributed by atoms with Crippen LogP contribution < -0.4 is 5.32 Å². The highest BCUT2D eigenvalue weighted by molar-refractivity contribution is 5.91. The first kappa shape index (κ1) is 29.3. The first-order valence-electron chi connectivity index (χ1n) is 12.9. The van der Waals surface area contributed by atoms with Crippen LogP contribution in [0, 0.1) is 25.1 Å². The van der Waals surface area contributed by atoms with Gasteiger partial charge in [0.1, 0.15) is 28.7 Å². The van der Waals surface area contributed by atoms with E-state index in [4.69, 9.17) is 11.2 Å². The zero-order valence-corrected chi connectivity index (χ0v) is 23.4. The minimum Gasteiger partial charge on any atom is -0.384 e. The zero-order valence-electron chi connectivity index (χ0n) is 23.4. The topological polar surface area (TPSA) is 87.6 Å². The number of amides is 1. The van der Waals surface area contributed by atoms with Gasteiger partial charge in [0.05, 0.1) is 23.7 Å². The maximum Gasteiger partial charge on any atom is 0.303 e. The van der Waals surface area contributed by atoms with E-state index in [2.05, 4.69) is 21.2 Å². The molecule has 1 saturated heterocycles. The number of carbonyl (C=O) groups is 1. The molecule has 0 saturated carbocycles. The predicted octanol–water partition coefficient (Wildman–Crippen LogP) is 5.19. The third-order valence-electron chi connectivity index (χ3n) is 7.62. The van der Waals surface area contributed by atoms with E-state index in [1.54, 1.807) is 31.9 Å². The number of aromatic nitrogens is 2. The molecule has 1 amide bonds. The second-order valence-corrected chi connectivity index (χ2v) is 10.8. The van der Waals surface area contributed by atoms with E-state index in [1.807, 2.05) is 6.07 Å². The number of fused-ring (bicyclic) bond motifs is 1. The van der Waals surface area contributed by atoms with Gasteiger partial charge >= 0.3 is 5.92 Å². The Balaban J connectivity index is 1.81. The molecule has 0 spiro atoms. The van der Waals surface area contributed by atoms with Crippen LogP contribution in [0.25, 0.3) is 10.9 Å². The Morgan fingerprint density at radius 3 is 2.58 bits per heavy atom. The van der Waals surface area contributed by atoms with Gasteiger partial charge in [-0.3, -0.25) is 4.79 Å². The van der Waals surface area contributed by atoms with Gasteiger partial charge in [-0.2, -0.15) is 8.78 Å². The first-order valence-corrected chi connectivity index (χ1v) is 12.9. The summed E-state index contributed by atoms with van der Waals surface area (Å²) in [7, 11) is 1.57. The number of nitrogens with zero attached hydrogens (tertiary/aromatic N) is 3. The molecule has 1 aliphatic rings. The normalized spacial score (nSPS) is 18.6. The Morgan fingerprint density at radius 1 is 1.30 bits per heavy atom. The highest BCUT2D eigenvalue weighted by atomic mass is 19.3. The molecule has 0 radical (unpaired) electrons. The van der Waals surface area contributed by atoms with Crippen molar-refractivity contribution in [3.8, 4) is 12.3 Å². The van der Waals surface area contributed by atoms with E-state index < -0.39 is 34.5 Å². The van der Waals surface area contributed by atoms with E-state index in [0.29, 0.717) is 53.2 Å². The second-order valence-electron chi connectivity index (χ2n) is 10.8. The van der Waals surface area contributed by atoms with Gasteiger partial charge in [0, 0.05) is 42.7 Å². The number of aliphatic hydroxyl groups is 1. The molecular formula is C30H33F3N4O3. The summed E-state index contributed by atoms with van der Waals surface area (Å²) in [5, 5.41) is 13.7. The maximum atomic E-state index is 15.5. The largest absolute Gasteiger partial charge is 0.384 e. The number of rotatable bonds is 7. The van der Waals surface area contributed by atoms with Crippen LogP contribution in [0.2, 0.25) is 0 Å². The number of nitrogens with one attached hydrogen (secondary N) is 1. The number of aryl methyl sites for hydroxylation is 1. The quantitative estimate of drug-likeness (QED) is 0.391. The molecule has 1 aromatic heterocycles. The molecule has 7 nitrogen and oxygen atoms in total. The van der Waals surface area contributed by atoms with E-state index in [1.165, 1.54) is 19.1 Å². The summed E-state index contributed by atoms with van der Waals surface area (Å²) in [6.45, 7) is 7.52. The van der Waals surface area contributed by atoms with E-state index in [9.17, 15) is 18.7 Å². The average molecular weight is 555 g/mol. The minimum absolute atomic E-state index is 0.0208. The van der Waals surface area contributed by atoms with Gasteiger partial charge in [0.2, 0.25) is 5.91 Å². The van der Waals surface area contributed by atoms with Crippen LogP contribution in [-0.4, -0.2) is 51.7 Å². The smallest absolute Gasteiger partial charge is 0.303 e. The molecule has 0 aliphatic carbocycles. The zero-order chi connectivity index (χ0) is 29.6. The van der Waals surface area contributed by atoms with Crippen molar-refractivity contribution in [3.05, 3.63) is 64.2 Å². The molecular weight excluding hydrogens is 521 g/mol. The first-order chi connectivity index (χ1) is 18.6. The number of hydrogen-bond acceptors (Lipinski definition) is 6. The van der Waals surface area contributed by atoms with Gasteiger partial charge in [-0.1, -0.05) is 18.1 Å². The van der Waals surface area contributed by atoms with Gasteiger partial charge in [0.15, 0.2) is 0 Å². The summed E-state index contributed by atoms with van der Waals surface area (Å²) in [5.74, 6) is -1.53. The lowest BCUT2D eigenvalue weighted by molar-refractivity contribution is -0.170. The van der Waals surface area contributed by atoms with Gasteiger partial charge in [0.25, 0.3) is 0 Å². The Bertz CT molecular complexity index is 1510. The summed E-state index contributed by atoms with van der Waals surface area (Å²) in [4.78, 5) is 22.8. The number of halogens is 3. The van der Waals surface area contributed by atoms with Crippen molar-refractivity contribution in [2.24, 2.45) is 0 Å². The molecule has 2 N–H and O–H groups in total. The molecule has 3 aromatic rings. The monoisotopic (exact) mass is 554 g/mol. The highest BCUT2D eigenvalue weighted by Gasteiger charge is 2.49. The summed E-state index contributed by atoms with van der Waals surface area (Å²) in [5.41, 5.74) is -2.45. The second kappa shape index (κ2) is 10.4. The predicted molar refractivity (Wildman–Crippen MR) is 146 cm³/mol. The summed E-state index contributed by atoms with van der Waals surface area (Å²) >= 11 is 0. The molecule has 2 aromatic carbocycles. The summed E-state index contributed by atoms with van der Waals surface area (Å²) in [6.07, 6.45) is 6.41. The molecule has 2 heterocycles. The van der Waals surface area contributed by atoms with Crippen molar-refractivity contribution < 1.29 is 27.8 Å². The number of benzene rings is 2. The van der Waals surface area contributed by atoms with E-state index >= 15 is 4.39 Å². The third-order valence-corrected chi connectivity index (χ3v) is 7.62. The molecule has 212 valence electrons. The van der Waals surface area contributed by atoms with Crippen LogP contribution in [0.4, 0.5) is 19.0 Å². The lowest BCUT2D eigenvalue weighted by atomic mass is 9.87. The fourth-order valence-electron chi connectivity index (χ4n) is 5.18. The number of anilines is 1. The highest BCUT2D eigenvalue weighted by Crippen LogP contribution is 2.42. The molecule has 40 heavy (non-hydrogen) atoms. The molecule has 1 fully saturated rings. The number of carbonyl (C=O) groups excluding carboxylic acids is 1. The van der Waals surface area contributed by atoms with Crippen LogP contribution in [0.3, 0.4) is 0 Å². The van der Waals surface area contributed by atoms with E-state index in [0.717, 1.165) is 19.9 Å². The standard InChI is InChI=1S/C30H33F3N4O3/c1-8-20-14-25-22(15-24(20)29(40-7)12-13-37(16-29)19(4)38)27(36-18(3)35-25)34-17(2)21-10-9-11-23(26(21)31)30(32,33)28(5,6)39/h1,9-11,14-15,17,39H,12-13,16H2,2-7H3,(H,34,35,36)/t17-,29?/m1/s1. The van der Waals surface area contributed by atoms with Crippen LogP contribution in [-0.2, 0) is 21.1 Å². The molecule has 1 aliphatic heterocycles. The fraction of sp³-hybridized carbons (Fsp3) is 0.433. The fourth-order valence-corrected chi connectivity index (χ4v) is 5.18. The SMILES string of the molecule is C#Cc1cc2nc(C)nc(N[C@H](C)c3cccc(C(F)(F)C(C)(C)O)c3F)c2cc1C1(OC)CCN(C(C)=O)C1. The molecule has 1 unspecified atom stereocenters. The number of likely N-dealkylation sites (tertiary alicyclic amines) is 1. The van der Waals surface area contributed by atoms with Crippen LogP contribution in [0.15, 0.2) is 30.3 Å². The lowest BCUT2D eigenvalue weighted by Gasteiger charge is -2.30. The maximum absolute atomic E-state index is 15.5. The van der Waals surface area contributed by atoms with Crippen molar-refractivity contribution in [2.45, 2.75) is 64.2 Å². The number of terminal acetylenes is 1. The minimum atomic E-state index is -3.82. The van der Waals surface area contributed by atoms with Crippen LogP contribution in [0.1, 0.15) is 68.2 Å².